The molecule has 1 heterocycles. The van der Waals surface area contributed by atoms with Crippen molar-refractivity contribution in [1.82, 2.24) is 9.80 Å². The minimum absolute atomic E-state index is 0.117. The lowest BCUT2D eigenvalue weighted by Crippen LogP contribution is -2.47. The van der Waals surface area contributed by atoms with Gasteiger partial charge in [-0.05, 0) is 49.9 Å². The molecule has 0 radical (unpaired) electrons. The van der Waals surface area contributed by atoms with E-state index in [4.69, 9.17) is 0 Å². The molecule has 2 aromatic rings. The number of carbonyl (C=O) groups excluding carboxylic acids is 1. The van der Waals surface area contributed by atoms with Crippen LogP contribution in [0.1, 0.15) is 15.9 Å². The number of rotatable bonds is 4. The topological polar surface area (TPSA) is 60.9 Å². The van der Waals surface area contributed by atoms with Gasteiger partial charge in [0.05, 0.1) is 10.6 Å². The van der Waals surface area contributed by atoms with Gasteiger partial charge in [0.25, 0.3) is 15.9 Å². The van der Waals surface area contributed by atoms with Crippen LogP contribution < -0.4 is 4.31 Å². The number of amides is 1. The van der Waals surface area contributed by atoms with Crippen molar-refractivity contribution in [2.24, 2.45) is 0 Å². The van der Waals surface area contributed by atoms with Crippen LogP contribution in [0.2, 0.25) is 0 Å². The second-order valence-corrected chi connectivity index (χ2v) is 8.90. The second-order valence-electron chi connectivity index (χ2n) is 6.93. The first-order valence-corrected chi connectivity index (χ1v) is 10.4. The molecule has 2 aromatic carbocycles. The standard InChI is InChI=1S/C20H25N3O3S/c1-16-6-4-8-18(14-16)22(3)27(25,26)19-9-5-7-17(15-19)20(24)23-12-10-21(2)11-13-23/h4-9,14-15H,10-13H2,1-3H3. The highest BCUT2D eigenvalue weighted by atomic mass is 32.2. The number of benzene rings is 2. The number of aryl methyl sites for hydroxylation is 1. The average Bonchev–Trinajstić information content (AvgIpc) is 2.67. The molecule has 144 valence electrons. The molecule has 0 aromatic heterocycles. The van der Waals surface area contributed by atoms with E-state index in [0.29, 0.717) is 24.3 Å². The van der Waals surface area contributed by atoms with Gasteiger partial charge >= 0.3 is 0 Å². The van der Waals surface area contributed by atoms with E-state index in [-0.39, 0.29) is 10.8 Å². The van der Waals surface area contributed by atoms with Gasteiger partial charge in [-0.15, -0.1) is 0 Å². The minimum atomic E-state index is -3.75. The highest BCUT2D eigenvalue weighted by Gasteiger charge is 2.25. The van der Waals surface area contributed by atoms with Crippen LogP contribution in [0.3, 0.4) is 0 Å². The molecule has 3 rings (SSSR count). The summed E-state index contributed by atoms with van der Waals surface area (Å²) >= 11 is 0. The van der Waals surface area contributed by atoms with E-state index in [0.717, 1.165) is 18.7 Å². The molecule has 27 heavy (non-hydrogen) atoms. The first-order chi connectivity index (χ1) is 12.8. The minimum Gasteiger partial charge on any atom is -0.336 e. The zero-order chi connectivity index (χ0) is 19.6. The monoisotopic (exact) mass is 387 g/mol. The average molecular weight is 388 g/mol. The lowest BCUT2D eigenvalue weighted by Gasteiger charge is -2.32. The quantitative estimate of drug-likeness (QED) is 0.807. The number of nitrogens with zero attached hydrogens (tertiary/aromatic N) is 3. The predicted molar refractivity (Wildman–Crippen MR) is 107 cm³/mol. The Hall–Kier alpha value is -2.38. The molecule has 0 spiro atoms. The van der Waals surface area contributed by atoms with E-state index in [1.54, 1.807) is 23.1 Å². The third-order valence-electron chi connectivity index (χ3n) is 4.90. The second kappa shape index (κ2) is 7.70. The fourth-order valence-corrected chi connectivity index (χ4v) is 4.34. The molecule has 0 saturated carbocycles. The molecule has 1 aliphatic heterocycles. The van der Waals surface area contributed by atoms with Crippen molar-refractivity contribution in [3.63, 3.8) is 0 Å². The molecule has 6 nitrogen and oxygen atoms in total. The lowest BCUT2D eigenvalue weighted by atomic mass is 10.2. The number of anilines is 1. The molecular formula is C20H25N3O3S. The molecule has 7 heteroatoms. The molecular weight excluding hydrogens is 362 g/mol. The Morgan fingerprint density at radius 2 is 1.67 bits per heavy atom. The number of hydrogen-bond donors (Lipinski definition) is 0. The van der Waals surface area contributed by atoms with E-state index < -0.39 is 10.0 Å². The van der Waals surface area contributed by atoms with Crippen molar-refractivity contribution in [3.8, 4) is 0 Å². The largest absolute Gasteiger partial charge is 0.336 e. The maximum atomic E-state index is 13.0. The van der Waals surface area contributed by atoms with E-state index >= 15 is 0 Å². The smallest absolute Gasteiger partial charge is 0.264 e. The molecule has 0 bridgehead atoms. The van der Waals surface area contributed by atoms with Gasteiger partial charge in [-0.2, -0.15) is 0 Å². The number of sulfonamides is 1. The number of carbonyl (C=O) groups is 1. The zero-order valence-electron chi connectivity index (χ0n) is 15.9. The Kier molecular flexibility index (Phi) is 5.53. The number of likely N-dealkylation sites (N-methyl/N-ethyl adjacent to an activating group) is 1. The van der Waals surface area contributed by atoms with Crippen LogP contribution in [0.5, 0.6) is 0 Å². The summed E-state index contributed by atoms with van der Waals surface area (Å²) in [6.07, 6.45) is 0. The summed E-state index contributed by atoms with van der Waals surface area (Å²) in [5.41, 5.74) is 1.97. The first-order valence-electron chi connectivity index (χ1n) is 8.92. The molecule has 0 unspecified atom stereocenters. The number of hydrogen-bond acceptors (Lipinski definition) is 4. The van der Waals surface area contributed by atoms with Gasteiger partial charge in [0.1, 0.15) is 0 Å². The summed E-state index contributed by atoms with van der Waals surface area (Å²) in [5, 5.41) is 0. The van der Waals surface area contributed by atoms with Crippen molar-refractivity contribution in [2.75, 3.05) is 44.6 Å². The van der Waals surface area contributed by atoms with Crippen LogP contribution in [0.25, 0.3) is 0 Å². The van der Waals surface area contributed by atoms with E-state index in [9.17, 15) is 13.2 Å². The molecule has 0 aliphatic carbocycles. The van der Waals surface area contributed by atoms with Gasteiger partial charge in [-0.1, -0.05) is 18.2 Å². The van der Waals surface area contributed by atoms with Gasteiger partial charge in [-0.3, -0.25) is 9.10 Å². The van der Waals surface area contributed by atoms with Crippen LogP contribution in [0.15, 0.2) is 53.4 Å². The number of piperazine rings is 1. The molecule has 1 amide bonds. The Balaban J connectivity index is 1.86. The van der Waals surface area contributed by atoms with Gasteiger partial charge in [0.2, 0.25) is 0 Å². The van der Waals surface area contributed by atoms with Gasteiger partial charge in [0, 0.05) is 38.8 Å². The van der Waals surface area contributed by atoms with E-state index in [1.165, 1.54) is 23.5 Å². The van der Waals surface area contributed by atoms with Crippen LogP contribution in [0, 0.1) is 6.92 Å². The zero-order valence-corrected chi connectivity index (χ0v) is 16.7. The summed E-state index contributed by atoms with van der Waals surface area (Å²) in [6, 6.07) is 13.6. The maximum Gasteiger partial charge on any atom is 0.264 e. The van der Waals surface area contributed by atoms with Crippen molar-refractivity contribution in [3.05, 3.63) is 59.7 Å². The van der Waals surface area contributed by atoms with Gasteiger partial charge in [-0.25, -0.2) is 8.42 Å². The van der Waals surface area contributed by atoms with Crippen molar-refractivity contribution < 1.29 is 13.2 Å². The molecule has 0 atom stereocenters. The molecule has 1 aliphatic rings. The highest BCUT2D eigenvalue weighted by Crippen LogP contribution is 2.24. The van der Waals surface area contributed by atoms with Crippen LogP contribution in [-0.2, 0) is 10.0 Å². The first kappa shape index (κ1) is 19.4. The van der Waals surface area contributed by atoms with Crippen LogP contribution >= 0.6 is 0 Å². The summed E-state index contributed by atoms with van der Waals surface area (Å²) < 4.78 is 27.3. The van der Waals surface area contributed by atoms with Gasteiger partial charge in [0.15, 0.2) is 0 Å². The van der Waals surface area contributed by atoms with Gasteiger partial charge < -0.3 is 9.80 Å². The summed E-state index contributed by atoms with van der Waals surface area (Å²) in [6.45, 7) is 4.85. The third-order valence-corrected chi connectivity index (χ3v) is 6.68. The summed E-state index contributed by atoms with van der Waals surface area (Å²) in [4.78, 5) is 16.8. The van der Waals surface area contributed by atoms with Crippen molar-refractivity contribution in [2.45, 2.75) is 11.8 Å². The van der Waals surface area contributed by atoms with Crippen LogP contribution in [-0.4, -0.2) is 64.4 Å². The molecule has 1 fully saturated rings. The Morgan fingerprint density at radius 1 is 1.00 bits per heavy atom. The highest BCUT2D eigenvalue weighted by molar-refractivity contribution is 7.92. The fourth-order valence-electron chi connectivity index (χ4n) is 3.10. The normalized spacial score (nSPS) is 15.6. The predicted octanol–water partition coefficient (Wildman–Crippen LogP) is 2.21. The van der Waals surface area contributed by atoms with E-state index in [1.807, 2.05) is 32.2 Å². The SMILES string of the molecule is Cc1cccc(N(C)S(=O)(=O)c2cccc(C(=O)N3CCN(C)CC3)c2)c1. The fraction of sp³-hybridized carbons (Fsp3) is 0.350. The Labute approximate surface area is 161 Å². The van der Waals surface area contributed by atoms with Crippen molar-refractivity contribution in [1.29, 1.82) is 0 Å². The lowest BCUT2D eigenvalue weighted by molar-refractivity contribution is 0.0664. The third kappa shape index (κ3) is 4.14. The van der Waals surface area contributed by atoms with Crippen molar-refractivity contribution >= 4 is 21.6 Å². The Morgan fingerprint density at radius 3 is 2.33 bits per heavy atom. The molecule has 1 saturated heterocycles. The summed E-state index contributed by atoms with van der Waals surface area (Å²) in [7, 11) is -0.199. The molecule has 0 N–H and O–H groups in total. The maximum absolute atomic E-state index is 13.0. The summed E-state index contributed by atoms with van der Waals surface area (Å²) in [5.74, 6) is -0.127. The van der Waals surface area contributed by atoms with E-state index in [2.05, 4.69) is 4.90 Å². The van der Waals surface area contributed by atoms with Crippen LogP contribution in [0.4, 0.5) is 5.69 Å². The Bertz CT molecular complexity index is 935.